The van der Waals surface area contributed by atoms with E-state index in [0.717, 1.165) is 33.7 Å². The Morgan fingerprint density at radius 3 is 2.70 bits per heavy atom. The Balaban J connectivity index is 1.66. The molecule has 0 fully saturated rings. The highest BCUT2D eigenvalue weighted by Gasteiger charge is 2.41. The summed E-state index contributed by atoms with van der Waals surface area (Å²) in [5, 5.41) is 3.08. The predicted molar refractivity (Wildman–Crippen MR) is 112 cm³/mol. The van der Waals surface area contributed by atoms with Gasteiger partial charge in [-0.15, -0.1) is 0 Å². The number of anilines is 2. The molecule has 0 N–H and O–H groups in total. The van der Waals surface area contributed by atoms with E-state index in [1.807, 2.05) is 57.2 Å². The molecule has 2 aliphatic rings. The van der Waals surface area contributed by atoms with Crippen LogP contribution in [0.2, 0.25) is 6.82 Å². The van der Waals surface area contributed by atoms with Crippen molar-refractivity contribution in [1.82, 2.24) is 9.90 Å². The minimum atomic E-state index is -2.24. The topological polar surface area (TPSA) is 35.8 Å². The van der Waals surface area contributed by atoms with Crippen LogP contribution in [0.5, 0.6) is 0 Å². The first kappa shape index (κ1) is 13.3. The number of fused-ring (bicyclic) bond motifs is 4. The SMILES string of the molecule is [2H]C([2H])([2H])N1c2ccccc2N(N2B(C)c3c(oc4nc(C)ccc34)C=C2C)[C@H]1C. The van der Waals surface area contributed by atoms with Crippen LogP contribution in [0.25, 0.3) is 17.2 Å². The van der Waals surface area contributed by atoms with Crippen LogP contribution in [-0.2, 0) is 0 Å². The van der Waals surface area contributed by atoms with Gasteiger partial charge < -0.3 is 14.2 Å². The van der Waals surface area contributed by atoms with Gasteiger partial charge in [0.15, 0.2) is 0 Å². The summed E-state index contributed by atoms with van der Waals surface area (Å²) in [5.41, 5.74) is 5.20. The predicted octanol–water partition coefficient (Wildman–Crippen LogP) is 3.86. The van der Waals surface area contributed by atoms with E-state index in [0.29, 0.717) is 11.4 Å². The van der Waals surface area contributed by atoms with Crippen molar-refractivity contribution in [3.63, 3.8) is 0 Å². The molecule has 4 heterocycles. The van der Waals surface area contributed by atoms with Crippen molar-refractivity contribution < 1.29 is 8.53 Å². The van der Waals surface area contributed by atoms with E-state index in [1.54, 1.807) is 0 Å². The average Bonchev–Trinajstić information content (AvgIpc) is 3.15. The summed E-state index contributed by atoms with van der Waals surface area (Å²) in [5.74, 6) is 0.817. The van der Waals surface area contributed by atoms with Crippen molar-refractivity contribution >= 4 is 40.9 Å². The third-order valence-corrected chi connectivity index (χ3v) is 5.60. The van der Waals surface area contributed by atoms with Gasteiger partial charge in [0.2, 0.25) is 5.71 Å². The molecule has 0 unspecified atom stereocenters. The van der Waals surface area contributed by atoms with Gasteiger partial charge in [-0.2, -0.15) is 0 Å². The first-order chi connectivity index (χ1) is 14.2. The van der Waals surface area contributed by atoms with Crippen molar-refractivity contribution in [1.29, 1.82) is 0 Å². The van der Waals surface area contributed by atoms with Crippen LogP contribution in [-0.4, -0.2) is 29.9 Å². The molecule has 0 saturated heterocycles. The van der Waals surface area contributed by atoms with Crippen LogP contribution in [0.3, 0.4) is 0 Å². The molecule has 0 spiro atoms. The third-order valence-electron chi connectivity index (χ3n) is 5.60. The van der Waals surface area contributed by atoms with Crippen molar-refractivity contribution in [2.24, 2.45) is 0 Å². The number of benzene rings is 1. The largest absolute Gasteiger partial charge is 0.439 e. The Morgan fingerprint density at radius 1 is 1.15 bits per heavy atom. The van der Waals surface area contributed by atoms with Crippen LogP contribution < -0.4 is 15.4 Å². The highest BCUT2D eigenvalue weighted by atomic mass is 16.3. The Hall–Kier alpha value is -2.89. The molecule has 6 heteroatoms. The highest BCUT2D eigenvalue weighted by Crippen LogP contribution is 2.41. The smallest absolute Gasteiger partial charge is 0.315 e. The summed E-state index contributed by atoms with van der Waals surface area (Å²) in [4.78, 5) is 8.23. The number of pyridine rings is 1. The van der Waals surface area contributed by atoms with Gasteiger partial charge in [0.05, 0.1) is 11.4 Å². The summed E-state index contributed by atoms with van der Waals surface area (Å²) in [6.45, 7) is 5.74. The first-order valence-electron chi connectivity index (χ1n) is 10.7. The lowest BCUT2D eigenvalue weighted by atomic mass is 9.55. The number of allylic oxidation sites excluding steroid dienone is 1. The molecule has 2 aliphatic heterocycles. The summed E-state index contributed by atoms with van der Waals surface area (Å²) >= 11 is 0. The molecule has 5 rings (SSSR count). The third kappa shape index (κ3) is 2.16. The maximum atomic E-state index is 8.09. The number of aryl methyl sites for hydroxylation is 1. The van der Waals surface area contributed by atoms with Crippen molar-refractivity contribution in [3.8, 4) is 0 Å². The zero-order chi connectivity index (χ0) is 21.4. The van der Waals surface area contributed by atoms with E-state index in [1.165, 1.54) is 4.90 Å². The van der Waals surface area contributed by atoms with Gasteiger partial charge in [-0.3, -0.25) is 5.01 Å². The Bertz CT molecular complexity index is 1190. The molecular weight excluding hydrogens is 335 g/mol. The highest BCUT2D eigenvalue weighted by molar-refractivity contribution is 6.73. The van der Waals surface area contributed by atoms with Crippen molar-refractivity contribution in [3.05, 3.63) is 53.5 Å². The lowest BCUT2D eigenvalue weighted by Gasteiger charge is -2.44. The monoisotopic (exact) mass is 361 g/mol. The lowest BCUT2D eigenvalue weighted by molar-refractivity contribution is 0.438. The number of para-hydroxylation sites is 2. The standard InChI is InChI=1S/C21H23BN4O/c1-13-10-11-16-20-19(27-21(16)23-13)12-14(2)26(22(20)4)25-15(3)24(5)17-8-6-7-9-18(17)25/h6-12,15H,1-5H3/t15-/m0/s1/i5D3. The summed E-state index contributed by atoms with van der Waals surface area (Å²) in [6.07, 6.45) is 1.64. The number of hydrazine groups is 1. The van der Waals surface area contributed by atoms with E-state index in [4.69, 9.17) is 8.53 Å². The molecule has 3 aromatic rings. The number of rotatable bonds is 1. The van der Waals surface area contributed by atoms with E-state index in [-0.39, 0.29) is 13.0 Å². The second-order valence-corrected chi connectivity index (χ2v) is 7.33. The lowest BCUT2D eigenvalue weighted by Crippen LogP contribution is -2.59. The zero-order valence-corrected chi connectivity index (χ0v) is 15.9. The maximum Gasteiger partial charge on any atom is 0.315 e. The van der Waals surface area contributed by atoms with Crippen LogP contribution in [0, 0.1) is 6.92 Å². The van der Waals surface area contributed by atoms with Crippen LogP contribution in [0.15, 0.2) is 46.5 Å². The van der Waals surface area contributed by atoms with E-state index < -0.39 is 6.98 Å². The van der Waals surface area contributed by atoms with E-state index >= 15 is 0 Å². The van der Waals surface area contributed by atoms with Gasteiger partial charge in [-0.1, -0.05) is 19.0 Å². The molecule has 136 valence electrons. The second kappa shape index (κ2) is 5.55. The zero-order valence-electron chi connectivity index (χ0n) is 18.9. The van der Waals surface area contributed by atoms with Gasteiger partial charge >= 0.3 is 6.85 Å². The average molecular weight is 361 g/mol. The van der Waals surface area contributed by atoms with Gasteiger partial charge in [0.1, 0.15) is 11.9 Å². The van der Waals surface area contributed by atoms with Gasteiger partial charge in [-0.25, -0.2) is 4.98 Å². The molecule has 0 saturated carbocycles. The minimum Gasteiger partial charge on any atom is -0.439 e. The molecule has 0 radical (unpaired) electrons. The molecule has 0 aliphatic carbocycles. The molecule has 2 aromatic heterocycles. The van der Waals surface area contributed by atoms with E-state index in [9.17, 15) is 0 Å². The van der Waals surface area contributed by atoms with Gasteiger partial charge in [0.25, 0.3) is 0 Å². The summed E-state index contributed by atoms with van der Waals surface area (Å²) in [7, 11) is 0. The fourth-order valence-corrected chi connectivity index (χ4v) is 4.36. The Labute approximate surface area is 164 Å². The Kier molecular flexibility index (Phi) is 2.74. The number of hydrogen-bond donors (Lipinski definition) is 0. The van der Waals surface area contributed by atoms with Crippen LogP contribution in [0.1, 0.15) is 29.4 Å². The first-order valence-corrected chi connectivity index (χ1v) is 9.23. The van der Waals surface area contributed by atoms with Crippen molar-refractivity contribution in [2.75, 3.05) is 16.9 Å². The molecule has 0 amide bonds. The minimum absolute atomic E-state index is 0.0530. The molecule has 1 aromatic carbocycles. The quantitative estimate of drug-likeness (QED) is 0.615. The molecule has 0 bridgehead atoms. The molecule has 5 nitrogen and oxygen atoms in total. The number of nitrogens with zero attached hydrogens (tertiary/aromatic N) is 4. The number of aromatic nitrogens is 1. The molecule has 27 heavy (non-hydrogen) atoms. The maximum absolute atomic E-state index is 8.09. The summed E-state index contributed by atoms with van der Waals surface area (Å²) in [6, 6.07) is 11.7. The van der Waals surface area contributed by atoms with Gasteiger partial charge in [0, 0.05) is 33.3 Å². The Morgan fingerprint density at radius 2 is 1.93 bits per heavy atom. The summed E-state index contributed by atoms with van der Waals surface area (Å²) < 4.78 is 30.3. The molecule has 1 atom stereocenters. The van der Waals surface area contributed by atoms with Crippen molar-refractivity contribution in [2.45, 2.75) is 33.8 Å². The van der Waals surface area contributed by atoms with Crippen LogP contribution in [0.4, 0.5) is 11.4 Å². The fraction of sp³-hybridized carbons (Fsp3) is 0.286. The normalized spacial score (nSPS) is 21.0. The molecular formula is C21H23BN4O. The van der Waals surface area contributed by atoms with E-state index in [2.05, 4.69) is 27.8 Å². The number of furan rings is 1. The van der Waals surface area contributed by atoms with Crippen LogP contribution >= 0.6 is 0 Å². The second-order valence-electron chi connectivity index (χ2n) is 7.33. The fourth-order valence-electron chi connectivity index (χ4n) is 4.36. The number of hydrogen-bond acceptors (Lipinski definition) is 5. The van der Waals surface area contributed by atoms with Gasteiger partial charge in [-0.05, 0) is 51.1 Å².